The highest BCUT2D eigenvalue weighted by atomic mass is 79.9. The minimum absolute atomic E-state index is 0.0341. The molecule has 0 radical (unpaired) electrons. The summed E-state index contributed by atoms with van der Waals surface area (Å²) in [5.74, 6) is 0.517. The van der Waals surface area contributed by atoms with Gasteiger partial charge in [-0.15, -0.1) is 0 Å². The maximum absolute atomic E-state index is 11.8. The summed E-state index contributed by atoms with van der Waals surface area (Å²) in [6, 6.07) is 0.503. The van der Waals surface area contributed by atoms with Gasteiger partial charge in [-0.05, 0) is 18.8 Å². The highest BCUT2D eigenvalue weighted by Crippen LogP contribution is 2.27. The Morgan fingerprint density at radius 1 is 1.60 bits per heavy atom. The predicted molar refractivity (Wildman–Crippen MR) is 66.0 cm³/mol. The Morgan fingerprint density at radius 3 is 2.60 bits per heavy atom. The molecule has 1 N–H and O–H groups in total. The van der Waals surface area contributed by atoms with Crippen LogP contribution < -0.4 is 5.32 Å². The van der Waals surface area contributed by atoms with Crippen LogP contribution in [0.4, 0.5) is 4.79 Å². The molecule has 0 heterocycles. The largest absolute Gasteiger partial charge is 0.333 e. The molecule has 0 spiro atoms. The van der Waals surface area contributed by atoms with Crippen LogP contribution in [0.1, 0.15) is 26.7 Å². The van der Waals surface area contributed by atoms with Crippen molar-refractivity contribution in [3.8, 4) is 0 Å². The average Bonchev–Trinajstić information content (AvgIpc) is 2.93. The number of nitrogens with one attached hydrogen (secondary N) is 1. The summed E-state index contributed by atoms with van der Waals surface area (Å²) >= 11 is 3.23. The standard InChI is InChI=1S/C11H19BrN2O/c1-8(2)7-14(10-4-5-10)11(15)13-6-9(3)12/h8,10H,3-7H2,1-2H3,(H,13,15). The SMILES string of the molecule is C=C(Br)CNC(=O)N(CC(C)C)C1CC1. The fourth-order valence-corrected chi connectivity index (χ4v) is 1.59. The molecule has 1 aliphatic carbocycles. The van der Waals surface area contributed by atoms with Gasteiger partial charge in [0.1, 0.15) is 0 Å². The number of amides is 2. The maximum atomic E-state index is 11.8. The number of rotatable bonds is 5. The Kier molecular flexibility index (Phi) is 4.64. The molecule has 1 rings (SSSR count). The van der Waals surface area contributed by atoms with Gasteiger partial charge in [0, 0.05) is 17.1 Å². The van der Waals surface area contributed by atoms with Gasteiger partial charge in [0.25, 0.3) is 0 Å². The lowest BCUT2D eigenvalue weighted by molar-refractivity contribution is 0.188. The van der Waals surface area contributed by atoms with E-state index >= 15 is 0 Å². The lowest BCUT2D eigenvalue weighted by Crippen LogP contribution is -2.43. The molecule has 0 unspecified atom stereocenters. The summed E-state index contributed by atoms with van der Waals surface area (Å²) in [4.78, 5) is 13.8. The second-order valence-electron chi connectivity index (χ2n) is 4.45. The third-order valence-electron chi connectivity index (χ3n) is 2.24. The van der Waals surface area contributed by atoms with E-state index in [1.54, 1.807) is 0 Å². The van der Waals surface area contributed by atoms with Gasteiger partial charge in [-0.1, -0.05) is 36.4 Å². The van der Waals surface area contributed by atoms with Crippen molar-refractivity contribution in [2.75, 3.05) is 13.1 Å². The van der Waals surface area contributed by atoms with Gasteiger partial charge in [-0.25, -0.2) is 4.79 Å². The molecule has 0 aromatic heterocycles. The van der Waals surface area contributed by atoms with Gasteiger partial charge in [0.15, 0.2) is 0 Å². The van der Waals surface area contributed by atoms with Crippen LogP contribution >= 0.6 is 15.9 Å². The first-order chi connectivity index (χ1) is 7.00. The Hall–Kier alpha value is -0.510. The first-order valence-electron chi connectivity index (χ1n) is 5.38. The molecular formula is C11H19BrN2O. The highest BCUT2D eigenvalue weighted by Gasteiger charge is 2.32. The van der Waals surface area contributed by atoms with Crippen LogP contribution in [0.25, 0.3) is 0 Å². The maximum Gasteiger partial charge on any atom is 0.317 e. The van der Waals surface area contributed by atoms with Crippen LogP contribution in [-0.4, -0.2) is 30.1 Å². The lowest BCUT2D eigenvalue weighted by atomic mass is 10.2. The number of carbonyl (C=O) groups excluding carboxylic acids is 1. The molecule has 0 bridgehead atoms. The molecule has 3 nitrogen and oxygen atoms in total. The fraction of sp³-hybridized carbons (Fsp3) is 0.727. The third-order valence-corrected chi connectivity index (χ3v) is 2.52. The first kappa shape index (κ1) is 12.6. The van der Waals surface area contributed by atoms with Crippen molar-refractivity contribution in [3.63, 3.8) is 0 Å². The van der Waals surface area contributed by atoms with Gasteiger partial charge in [0.05, 0.1) is 6.54 Å². The Bertz CT molecular complexity index is 249. The Balaban J connectivity index is 2.40. The van der Waals surface area contributed by atoms with E-state index in [4.69, 9.17) is 0 Å². The number of hydrogen-bond acceptors (Lipinski definition) is 1. The summed E-state index contributed by atoms with van der Waals surface area (Å²) in [6.45, 7) is 9.29. The van der Waals surface area contributed by atoms with Crippen molar-refractivity contribution >= 4 is 22.0 Å². The van der Waals surface area contributed by atoms with Gasteiger partial charge >= 0.3 is 6.03 Å². The summed E-state index contributed by atoms with van der Waals surface area (Å²) in [5.41, 5.74) is 0. The Morgan fingerprint density at radius 2 is 2.20 bits per heavy atom. The quantitative estimate of drug-likeness (QED) is 0.822. The van der Waals surface area contributed by atoms with Crippen molar-refractivity contribution in [1.29, 1.82) is 0 Å². The highest BCUT2D eigenvalue weighted by molar-refractivity contribution is 9.11. The number of halogens is 1. The average molecular weight is 275 g/mol. The van der Waals surface area contributed by atoms with Crippen molar-refractivity contribution in [2.24, 2.45) is 5.92 Å². The minimum Gasteiger partial charge on any atom is -0.333 e. The second-order valence-corrected chi connectivity index (χ2v) is 5.57. The normalized spacial score (nSPS) is 15.2. The molecule has 0 aliphatic heterocycles. The monoisotopic (exact) mass is 274 g/mol. The van der Waals surface area contributed by atoms with E-state index in [2.05, 4.69) is 41.7 Å². The molecule has 1 fully saturated rings. The zero-order chi connectivity index (χ0) is 11.4. The van der Waals surface area contributed by atoms with Crippen molar-refractivity contribution in [1.82, 2.24) is 10.2 Å². The summed E-state index contributed by atoms with van der Waals surface area (Å²) < 4.78 is 0.802. The number of hydrogen-bond donors (Lipinski definition) is 1. The molecular weight excluding hydrogens is 256 g/mol. The fourth-order valence-electron chi connectivity index (χ4n) is 1.45. The molecule has 0 aromatic rings. The van der Waals surface area contributed by atoms with E-state index in [9.17, 15) is 4.79 Å². The Labute approximate surface area is 100 Å². The van der Waals surface area contributed by atoms with Gasteiger partial charge in [-0.3, -0.25) is 0 Å². The molecule has 2 amide bonds. The van der Waals surface area contributed by atoms with Crippen molar-refractivity contribution < 1.29 is 4.79 Å². The first-order valence-corrected chi connectivity index (χ1v) is 6.17. The van der Waals surface area contributed by atoms with Crippen LogP contribution in [0.15, 0.2) is 11.1 Å². The molecule has 0 aromatic carbocycles. The smallest absolute Gasteiger partial charge is 0.317 e. The summed E-state index contributed by atoms with van der Waals surface area (Å²) in [5, 5.41) is 2.85. The van der Waals surface area contributed by atoms with E-state index in [-0.39, 0.29) is 6.03 Å². The number of nitrogens with zero attached hydrogens (tertiary/aromatic N) is 1. The van der Waals surface area contributed by atoms with E-state index < -0.39 is 0 Å². The molecule has 4 heteroatoms. The van der Waals surface area contributed by atoms with E-state index in [1.807, 2.05) is 4.90 Å². The van der Waals surface area contributed by atoms with Crippen LogP contribution in [0.3, 0.4) is 0 Å². The molecule has 1 aliphatic rings. The number of carbonyl (C=O) groups is 1. The van der Waals surface area contributed by atoms with E-state index in [1.165, 1.54) is 0 Å². The zero-order valence-electron chi connectivity index (χ0n) is 9.42. The van der Waals surface area contributed by atoms with Crippen molar-refractivity contribution in [3.05, 3.63) is 11.1 Å². The lowest BCUT2D eigenvalue weighted by Gasteiger charge is -2.24. The van der Waals surface area contributed by atoms with Crippen LogP contribution in [-0.2, 0) is 0 Å². The van der Waals surface area contributed by atoms with Crippen LogP contribution in [0.5, 0.6) is 0 Å². The zero-order valence-corrected chi connectivity index (χ0v) is 11.0. The molecule has 86 valence electrons. The molecule has 15 heavy (non-hydrogen) atoms. The van der Waals surface area contributed by atoms with Crippen LogP contribution in [0, 0.1) is 5.92 Å². The van der Waals surface area contributed by atoms with E-state index in [0.717, 1.165) is 23.9 Å². The van der Waals surface area contributed by atoms with Gasteiger partial charge in [0.2, 0.25) is 0 Å². The predicted octanol–water partition coefficient (Wildman–Crippen LogP) is 2.73. The number of urea groups is 1. The second kappa shape index (κ2) is 5.54. The molecule has 0 saturated heterocycles. The summed E-state index contributed by atoms with van der Waals surface area (Å²) in [7, 11) is 0. The minimum atomic E-state index is 0.0341. The molecule has 1 saturated carbocycles. The third kappa shape index (κ3) is 4.69. The summed E-state index contributed by atoms with van der Waals surface area (Å²) in [6.07, 6.45) is 2.30. The van der Waals surface area contributed by atoms with Crippen LogP contribution in [0.2, 0.25) is 0 Å². The van der Waals surface area contributed by atoms with Gasteiger partial charge in [-0.2, -0.15) is 0 Å². The molecule has 0 atom stereocenters. The van der Waals surface area contributed by atoms with E-state index in [0.29, 0.717) is 18.5 Å². The van der Waals surface area contributed by atoms with Gasteiger partial charge < -0.3 is 10.2 Å². The van der Waals surface area contributed by atoms with Crippen molar-refractivity contribution in [2.45, 2.75) is 32.7 Å². The topological polar surface area (TPSA) is 32.3 Å².